The monoisotopic (exact) mass is 282 g/mol. The Morgan fingerprint density at radius 3 is 2.60 bits per heavy atom. The summed E-state index contributed by atoms with van der Waals surface area (Å²) in [5.74, 6) is -0.0404. The molecule has 2 aliphatic rings. The molecule has 114 valence electrons. The molecule has 0 aromatic carbocycles. The molecule has 0 spiro atoms. The van der Waals surface area contributed by atoms with Gasteiger partial charge in [0.1, 0.15) is 0 Å². The van der Waals surface area contributed by atoms with Gasteiger partial charge in [-0.2, -0.15) is 0 Å². The Hall–Kier alpha value is -1.26. The highest BCUT2D eigenvalue weighted by Gasteiger charge is 2.46. The van der Waals surface area contributed by atoms with E-state index in [0.29, 0.717) is 6.42 Å². The molecule has 5 nitrogen and oxygen atoms in total. The van der Waals surface area contributed by atoms with Crippen molar-refractivity contribution in [1.29, 1.82) is 0 Å². The summed E-state index contributed by atoms with van der Waals surface area (Å²) in [6.07, 6.45) is 6.75. The Balaban J connectivity index is 1.85. The van der Waals surface area contributed by atoms with Crippen LogP contribution in [0.2, 0.25) is 0 Å². The van der Waals surface area contributed by atoms with Gasteiger partial charge in [0.2, 0.25) is 0 Å². The molecule has 0 aromatic heterocycles. The summed E-state index contributed by atoms with van der Waals surface area (Å²) in [7, 11) is 0. The Kier molecular flexibility index (Phi) is 4.55. The molecule has 0 heterocycles. The zero-order valence-corrected chi connectivity index (χ0v) is 12.4. The molecular weight excluding hydrogens is 256 g/mol. The van der Waals surface area contributed by atoms with Crippen LogP contribution in [-0.4, -0.2) is 29.2 Å². The van der Waals surface area contributed by atoms with Gasteiger partial charge in [0.15, 0.2) is 0 Å². The van der Waals surface area contributed by atoms with Gasteiger partial charge in [0.25, 0.3) is 0 Å². The second-order valence-electron chi connectivity index (χ2n) is 6.57. The molecule has 0 aliphatic heterocycles. The second-order valence-corrected chi connectivity index (χ2v) is 6.57. The number of aliphatic carboxylic acids is 1. The molecule has 0 aromatic rings. The summed E-state index contributed by atoms with van der Waals surface area (Å²) in [4.78, 5) is 23.4. The predicted molar refractivity (Wildman–Crippen MR) is 76.5 cm³/mol. The van der Waals surface area contributed by atoms with Crippen molar-refractivity contribution in [2.45, 2.75) is 70.9 Å². The van der Waals surface area contributed by atoms with Gasteiger partial charge < -0.3 is 15.7 Å². The van der Waals surface area contributed by atoms with Crippen LogP contribution < -0.4 is 10.6 Å². The van der Waals surface area contributed by atoms with E-state index in [4.69, 9.17) is 0 Å². The van der Waals surface area contributed by atoms with Gasteiger partial charge in [-0.3, -0.25) is 4.79 Å². The van der Waals surface area contributed by atoms with E-state index in [1.165, 1.54) is 12.8 Å². The first-order valence-corrected chi connectivity index (χ1v) is 7.76. The largest absolute Gasteiger partial charge is 0.481 e. The summed E-state index contributed by atoms with van der Waals surface area (Å²) in [6, 6.07) is -0.268. The van der Waals surface area contributed by atoms with E-state index in [-0.39, 0.29) is 18.1 Å². The molecule has 2 amide bonds. The van der Waals surface area contributed by atoms with E-state index in [1.54, 1.807) is 6.92 Å². The lowest BCUT2D eigenvalue weighted by Gasteiger charge is -2.28. The fraction of sp³-hybridized carbons (Fsp3) is 0.867. The highest BCUT2D eigenvalue weighted by atomic mass is 16.4. The van der Waals surface area contributed by atoms with Crippen molar-refractivity contribution < 1.29 is 14.7 Å². The summed E-state index contributed by atoms with van der Waals surface area (Å²) >= 11 is 0. The molecule has 0 bridgehead atoms. The van der Waals surface area contributed by atoms with Crippen molar-refractivity contribution in [1.82, 2.24) is 10.6 Å². The highest BCUT2D eigenvalue weighted by molar-refractivity contribution is 5.79. The average molecular weight is 282 g/mol. The number of carbonyl (C=O) groups is 2. The van der Waals surface area contributed by atoms with Crippen LogP contribution in [0, 0.1) is 11.3 Å². The van der Waals surface area contributed by atoms with Crippen LogP contribution in [0.15, 0.2) is 0 Å². The third-order valence-electron chi connectivity index (χ3n) is 4.89. The standard InChI is InChI=1S/C15H26N2O3/c1-3-11(9-10-6-7-10)16-14(20)17-12-5-4-8-15(12,2)13(18)19/h10-12H,3-9H2,1-2H3,(H,18,19)(H2,16,17,20). The van der Waals surface area contributed by atoms with Crippen LogP contribution in [0.25, 0.3) is 0 Å². The van der Waals surface area contributed by atoms with Gasteiger partial charge in [-0.15, -0.1) is 0 Å². The van der Waals surface area contributed by atoms with Crippen LogP contribution in [0.4, 0.5) is 4.79 Å². The summed E-state index contributed by atoms with van der Waals surface area (Å²) in [6.45, 7) is 3.80. The van der Waals surface area contributed by atoms with Gasteiger partial charge in [-0.25, -0.2) is 4.79 Å². The third kappa shape index (κ3) is 3.44. The zero-order chi connectivity index (χ0) is 14.8. The SMILES string of the molecule is CCC(CC1CC1)NC(=O)NC1CCCC1(C)C(=O)O. The lowest BCUT2D eigenvalue weighted by Crippen LogP contribution is -2.52. The molecule has 3 N–H and O–H groups in total. The van der Waals surface area contributed by atoms with E-state index >= 15 is 0 Å². The molecule has 20 heavy (non-hydrogen) atoms. The normalized spacial score (nSPS) is 30.8. The van der Waals surface area contributed by atoms with Crippen LogP contribution in [0.1, 0.15) is 58.8 Å². The first kappa shape index (κ1) is 15.1. The molecular formula is C15H26N2O3. The molecule has 3 atom stereocenters. The van der Waals surface area contributed by atoms with Gasteiger partial charge in [0, 0.05) is 12.1 Å². The number of nitrogens with one attached hydrogen (secondary N) is 2. The van der Waals surface area contributed by atoms with E-state index < -0.39 is 11.4 Å². The minimum atomic E-state index is -0.824. The lowest BCUT2D eigenvalue weighted by molar-refractivity contribution is -0.148. The molecule has 2 rings (SSSR count). The van der Waals surface area contributed by atoms with Crippen molar-refractivity contribution >= 4 is 12.0 Å². The topological polar surface area (TPSA) is 78.4 Å². The van der Waals surface area contributed by atoms with E-state index in [1.807, 2.05) is 0 Å². The van der Waals surface area contributed by atoms with Crippen LogP contribution in [0.3, 0.4) is 0 Å². The van der Waals surface area contributed by atoms with Gasteiger partial charge in [-0.1, -0.05) is 26.2 Å². The number of urea groups is 1. The van der Waals surface area contributed by atoms with Crippen LogP contribution in [-0.2, 0) is 4.79 Å². The Morgan fingerprint density at radius 1 is 1.35 bits per heavy atom. The Bertz CT molecular complexity index is 381. The zero-order valence-electron chi connectivity index (χ0n) is 12.4. The molecule has 0 saturated heterocycles. The molecule has 5 heteroatoms. The Labute approximate surface area is 120 Å². The summed E-state index contributed by atoms with van der Waals surface area (Å²) in [5, 5.41) is 15.2. The van der Waals surface area contributed by atoms with Gasteiger partial charge in [0.05, 0.1) is 5.41 Å². The van der Waals surface area contributed by atoms with E-state index in [2.05, 4.69) is 17.6 Å². The predicted octanol–water partition coefficient (Wildman–Crippen LogP) is 2.51. The summed E-state index contributed by atoms with van der Waals surface area (Å²) in [5.41, 5.74) is -0.824. The van der Waals surface area contributed by atoms with E-state index in [0.717, 1.165) is 31.6 Å². The molecule has 2 fully saturated rings. The number of hydrogen-bond acceptors (Lipinski definition) is 2. The maximum absolute atomic E-state index is 12.1. The highest BCUT2D eigenvalue weighted by Crippen LogP contribution is 2.38. The van der Waals surface area contributed by atoms with E-state index in [9.17, 15) is 14.7 Å². The minimum absolute atomic E-state index is 0.208. The average Bonchev–Trinajstić information content (AvgIpc) is 3.13. The first-order chi connectivity index (χ1) is 9.45. The number of rotatable bonds is 6. The second kappa shape index (κ2) is 6.02. The molecule has 3 unspecified atom stereocenters. The van der Waals surface area contributed by atoms with Gasteiger partial charge in [-0.05, 0) is 38.5 Å². The molecule has 0 radical (unpaired) electrons. The van der Waals surface area contributed by atoms with Crippen molar-refractivity contribution in [3.05, 3.63) is 0 Å². The van der Waals surface area contributed by atoms with Crippen molar-refractivity contribution in [2.75, 3.05) is 0 Å². The Morgan fingerprint density at radius 2 is 2.05 bits per heavy atom. The fourth-order valence-electron chi connectivity index (χ4n) is 3.12. The quantitative estimate of drug-likeness (QED) is 0.700. The smallest absolute Gasteiger partial charge is 0.315 e. The maximum atomic E-state index is 12.1. The lowest BCUT2D eigenvalue weighted by atomic mass is 9.85. The number of hydrogen-bond donors (Lipinski definition) is 3. The number of carbonyl (C=O) groups excluding carboxylic acids is 1. The minimum Gasteiger partial charge on any atom is -0.481 e. The number of carboxylic acids is 1. The molecule has 2 aliphatic carbocycles. The number of amides is 2. The van der Waals surface area contributed by atoms with Crippen LogP contribution >= 0.6 is 0 Å². The van der Waals surface area contributed by atoms with Crippen molar-refractivity contribution in [2.24, 2.45) is 11.3 Å². The molecule has 2 saturated carbocycles. The van der Waals surface area contributed by atoms with Crippen molar-refractivity contribution in [3.8, 4) is 0 Å². The van der Waals surface area contributed by atoms with Crippen molar-refractivity contribution in [3.63, 3.8) is 0 Å². The number of carboxylic acid groups (broad SMARTS) is 1. The summed E-state index contributed by atoms with van der Waals surface area (Å²) < 4.78 is 0. The fourth-order valence-corrected chi connectivity index (χ4v) is 3.12. The first-order valence-electron chi connectivity index (χ1n) is 7.76. The van der Waals surface area contributed by atoms with Gasteiger partial charge >= 0.3 is 12.0 Å². The van der Waals surface area contributed by atoms with Crippen LogP contribution in [0.5, 0.6) is 0 Å². The third-order valence-corrected chi connectivity index (χ3v) is 4.89. The maximum Gasteiger partial charge on any atom is 0.315 e.